The molecule has 4 nitrogen and oxygen atoms in total. The summed E-state index contributed by atoms with van der Waals surface area (Å²) in [6.45, 7) is 8.20. The normalized spacial score (nSPS) is 15.2. The van der Waals surface area contributed by atoms with Crippen LogP contribution in [-0.2, 0) is 9.59 Å². The fourth-order valence-corrected chi connectivity index (χ4v) is 3.79. The molecule has 0 saturated heterocycles. The van der Waals surface area contributed by atoms with E-state index in [0.717, 1.165) is 29.7 Å². The summed E-state index contributed by atoms with van der Waals surface area (Å²) in [7, 11) is 0. The fraction of sp³-hybridized carbons (Fsp3) is 0.600. The minimum atomic E-state index is -0.0212. The average molecular weight is 330 g/mol. The highest BCUT2D eigenvalue weighted by Crippen LogP contribution is 2.24. The molecule has 0 spiro atoms. The van der Waals surface area contributed by atoms with Crippen molar-refractivity contribution in [2.45, 2.75) is 72.3 Å². The van der Waals surface area contributed by atoms with Crippen LogP contribution in [-0.4, -0.2) is 29.3 Å². The van der Waals surface area contributed by atoms with Crippen molar-refractivity contribution in [2.75, 3.05) is 11.9 Å². The monoisotopic (exact) mass is 330 g/mol. The summed E-state index contributed by atoms with van der Waals surface area (Å²) >= 11 is 0. The molecule has 24 heavy (non-hydrogen) atoms. The molecule has 1 aliphatic rings. The number of hydrogen-bond donors (Lipinski definition) is 1. The van der Waals surface area contributed by atoms with Gasteiger partial charge in [0.1, 0.15) is 0 Å². The Bertz CT molecular complexity index is 581. The Kier molecular flexibility index (Phi) is 6.41. The zero-order valence-electron chi connectivity index (χ0n) is 15.4. The van der Waals surface area contributed by atoms with E-state index in [4.69, 9.17) is 0 Å². The van der Waals surface area contributed by atoms with Crippen molar-refractivity contribution in [2.24, 2.45) is 0 Å². The van der Waals surface area contributed by atoms with Crippen LogP contribution in [0.1, 0.15) is 62.1 Å². The Labute approximate surface area is 145 Å². The van der Waals surface area contributed by atoms with E-state index in [1.165, 1.54) is 24.8 Å². The van der Waals surface area contributed by atoms with Gasteiger partial charge in [-0.3, -0.25) is 9.59 Å². The Balaban J connectivity index is 1.95. The largest absolute Gasteiger partial charge is 0.339 e. The summed E-state index contributed by atoms with van der Waals surface area (Å²) in [5, 5.41) is 3.03. The van der Waals surface area contributed by atoms with Crippen molar-refractivity contribution in [3.8, 4) is 0 Å². The first-order valence-electron chi connectivity index (χ1n) is 9.03. The van der Waals surface area contributed by atoms with E-state index < -0.39 is 0 Å². The lowest BCUT2D eigenvalue weighted by Gasteiger charge is -2.33. The highest BCUT2D eigenvalue weighted by molar-refractivity contribution is 5.92. The molecule has 1 saturated carbocycles. The van der Waals surface area contributed by atoms with E-state index in [1.54, 1.807) is 6.92 Å². The van der Waals surface area contributed by atoms with Gasteiger partial charge in [0, 0.05) is 31.6 Å². The van der Waals surface area contributed by atoms with Gasteiger partial charge in [-0.1, -0.05) is 37.0 Å². The number of carbonyl (C=O) groups is 2. The summed E-state index contributed by atoms with van der Waals surface area (Å²) < 4.78 is 0. The molecule has 2 rings (SSSR count). The third-order valence-corrected chi connectivity index (χ3v) is 4.94. The maximum absolute atomic E-state index is 12.4. The second-order valence-corrected chi connectivity index (χ2v) is 7.08. The van der Waals surface area contributed by atoms with Gasteiger partial charge in [0.05, 0.1) is 0 Å². The standard InChI is InChI=1S/C20H30N2O2/c1-14-12-15(2)20(16(3)13-14)21-19(24)10-11-22(17(4)23)18-8-6-5-7-9-18/h12-13,18H,5-11H2,1-4H3,(H,21,24). The number of nitrogens with zero attached hydrogens (tertiary/aromatic N) is 1. The van der Waals surface area contributed by atoms with Crippen LogP contribution in [0.5, 0.6) is 0 Å². The highest BCUT2D eigenvalue weighted by atomic mass is 16.2. The van der Waals surface area contributed by atoms with Crippen molar-refractivity contribution in [1.82, 2.24) is 4.90 Å². The molecule has 1 aliphatic carbocycles. The molecule has 4 heteroatoms. The molecule has 0 unspecified atom stereocenters. The number of benzene rings is 1. The van der Waals surface area contributed by atoms with Crippen molar-refractivity contribution in [1.29, 1.82) is 0 Å². The van der Waals surface area contributed by atoms with Gasteiger partial charge in [0.25, 0.3) is 0 Å². The summed E-state index contributed by atoms with van der Waals surface area (Å²) in [6.07, 6.45) is 6.11. The topological polar surface area (TPSA) is 49.4 Å². The lowest BCUT2D eigenvalue weighted by molar-refractivity contribution is -0.132. The van der Waals surface area contributed by atoms with Gasteiger partial charge in [0.2, 0.25) is 11.8 Å². The van der Waals surface area contributed by atoms with Gasteiger partial charge in [-0.15, -0.1) is 0 Å². The summed E-state index contributed by atoms with van der Waals surface area (Å²) in [4.78, 5) is 26.2. The van der Waals surface area contributed by atoms with Crippen molar-refractivity contribution >= 4 is 17.5 Å². The Morgan fingerprint density at radius 2 is 1.67 bits per heavy atom. The smallest absolute Gasteiger partial charge is 0.226 e. The molecule has 1 aromatic carbocycles. The second-order valence-electron chi connectivity index (χ2n) is 7.08. The van der Waals surface area contributed by atoms with E-state index >= 15 is 0 Å². The molecule has 1 aromatic rings. The number of hydrogen-bond acceptors (Lipinski definition) is 2. The zero-order valence-corrected chi connectivity index (χ0v) is 15.4. The van der Waals surface area contributed by atoms with Crippen LogP contribution in [0, 0.1) is 20.8 Å². The van der Waals surface area contributed by atoms with Gasteiger partial charge >= 0.3 is 0 Å². The van der Waals surface area contributed by atoms with Crippen LogP contribution >= 0.6 is 0 Å². The lowest BCUT2D eigenvalue weighted by atomic mass is 9.94. The molecule has 2 amide bonds. The van der Waals surface area contributed by atoms with Crippen LogP contribution in [0.4, 0.5) is 5.69 Å². The van der Waals surface area contributed by atoms with E-state index in [9.17, 15) is 9.59 Å². The third-order valence-electron chi connectivity index (χ3n) is 4.94. The molecule has 1 N–H and O–H groups in total. The van der Waals surface area contributed by atoms with Crippen LogP contribution in [0.2, 0.25) is 0 Å². The average Bonchev–Trinajstić information content (AvgIpc) is 2.51. The Morgan fingerprint density at radius 3 is 2.21 bits per heavy atom. The molecular weight excluding hydrogens is 300 g/mol. The summed E-state index contributed by atoms with van der Waals surface area (Å²) in [6, 6.07) is 4.46. The number of nitrogens with one attached hydrogen (secondary N) is 1. The van der Waals surface area contributed by atoms with Crippen LogP contribution in [0.3, 0.4) is 0 Å². The predicted molar refractivity (Wildman–Crippen MR) is 98.2 cm³/mol. The minimum Gasteiger partial charge on any atom is -0.339 e. The van der Waals surface area contributed by atoms with Crippen LogP contribution < -0.4 is 5.32 Å². The Morgan fingerprint density at radius 1 is 1.08 bits per heavy atom. The first-order chi connectivity index (χ1) is 11.4. The third kappa shape index (κ3) is 4.83. The molecule has 132 valence electrons. The van der Waals surface area contributed by atoms with E-state index in [2.05, 4.69) is 24.4 Å². The number of rotatable bonds is 5. The quantitative estimate of drug-likeness (QED) is 0.883. The van der Waals surface area contributed by atoms with E-state index in [0.29, 0.717) is 19.0 Å². The molecule has 0 bridgehead atoms. The van der Waals surface area contributed by atoms with Crippen molar-refractivity contribution in [3.63, 3.8) is 0 Å². The zero-order chi connectivity index (χ0) is 17.7. The second kappa shape index (κ2) is 8.32. The highest BCUT2D eigenvalue weighted by Gasteiger charge is 2.23. The van der Waals surface area contributed by atoms with Gasteiger partial charge in [-0.05, 0) is 44.7 Å². The fourth-order valence-electron chi connectivity index (χ4n) is 3.79. The number of aryl methyl sites for hydroxylation is 3. The predicted octanol–water partition coefficient (Wildman–Crippen LogP) is 4.12. The van der Waals surface area contributed by atoms with Crippen LogP contribution in [0.25, 0.3) is 0 Å². The molecule has 0 atom stereocenters. The molecular formula is C20H30N2O2. The molecule has 1 fully saturated rings. The minimum absolute atomic E-state index is 0.0212. The maximum Gasteiger partial charge on any atom is 0.226 e. The summed E-state index contributed by atoms with van der Waals surface area (Å²) in [5.41, 5.74) is 4.26. The maximum atomic E-state index is 12.4. The first kappa shape index (κ1) is 18.5. The lowest BCUT2D eigenvalue weighted by Crippen LogP contribution is -2.41. The summed E-state index contributed by atoms with van der Waals surface area (Å²) in [5.74, 6) is 0.0597. The van der Waals surface area contributed by atoms with E-state index in [1.807, 2.05) is 18.7 Å². The number of amides is 2. The van der Waals surface area contributed by atoms with E-state index in [-0.39, 0.29) is 11.8 Å². The number of anilines is 1. The van der Waals surface area contributed by atoms with Gasteiger partial charge in [0.15, 0.2) is 0 Å². The van der Waals surface area contributed by atoms with Crippen LogP contribution in [0.15, 0.2) is 12.1 Å². The van der Waals surface area contributed by atoms with Gasteiger partial charge < -0.3 is 10.2 Å². The van der Waals surface area contributed by atoms with Gasteiger partial charge in [-0.2, -0.15) is 0 Å². The van der Waals surface area contributed by atoms with Crippen molar-refractivity contribution in [3.05, 3.63) is 28.8 Å². The molecule has 0 heterocycles. The molecule has 0 radical (unpaired) electrons. The molecule has 0 aromatic heterocycles. The number of carbonyl (C=O) groups excluding carboxylic acids is 2. The molecule has 0 aliphatic heterocycles. The Hall–Kier alpha value is -1.84. The first-order valence-corrected chi connectivity index (χ1v) is 9.03. The van der Waals surface area contributed by atoms with Crippen molar-refractivity contribution < 1.29 is 9.59 Å². The van der Waals surface area contributed by atoms with Gasteiger partial charge in [-0.25, -0.2) is 0 Å². The SMILES string of the molecule is CC(=O)N(CCC(=O)Nc1c(C)cc(C)cc1C)C1CCCCC1.